The van der Waals surface area contributed by atoms with E-state index in [-0.39, 0.29) is 11.4 Å². The Hall–Kier alpha value is -0.970. The molecule has 0 unspecified atom stereocenters. The molecule has 0 aliphatic carbocycles. The van der Waals surface area contributed by atoms with Gasteiger partial charge in [0.25, 0.3) is 0 Å². The number of rotatable bonds is 3. The van der Waals surface area contributed by atoms with Gasteiger partial charge >= 0.3 is 6.61 Å². The van der Waals surface area contributed by atoms with E-state index in [9.17, 15) is 17.6 Å². The van der Waals surface area contributed by atoms with Crippen LogP contribution in [0.3, 0.4) is 0 Å². The van der Waals surface area contributed by atoms with Crippen LogP contribution in [0.4, 0.5) is 17.6 Å². The summed E-state index contributed by atoms with van der Waals surface area (Å²) in [6, 6.07) is 1.75. The molecule has 0 saturated heterocycles. The van der Waals surface area contributed by atoms with Crippen molar-refractivity contribution in [1.82, 2.24) is 0 Å². The van der Waals surface area contributed by atoms with Crippen molar-refractivity contribution >= 4 is 11.6 Å². The van der Waals surface area contributed by atoms with Crippen molar-refractivity contribution in [2.24, 2.45) is 0 Å². The number of ether oxygens (including phenoxy) is 1. The molecule has 0 bridgehead atoms. The van der Waals surface area contributed by atoms with Gasteiger partial charge in [-0.2, -0.15) is 13.2 Å². The number of hydrogen-bond donors (Lipinski definition) is 0. The van der Waals surface area contributed by atoms with Crippen molar-refractivity contribution in [3.8, 4) is 5.75 Å². The molecule has 0 N–H and O–H groups in total. The van der Waals surface area contributed by atoms with E-state index in [1.54, 1.807) is 0 Å². The van der Waals surface area contributed by atoms with Crippen molar-refractivity contribution in [2.75, 3.05) is 0 Å². The largest absolute Gasteiger partial charge is 0.432 e. The smallest absolute Gasteiger partial charge is 0.387 e. The summed E-state index contributed by atoms with van der Waals surface area (Å²) in [6.07, 6.45) is 0. The van der Waals surface area contributed by atoms with Gasteiger partial charge in [-0.25, -0.2) is 4.39 Å². The van der Waals surface area contributed by atoms with E-state index in [2.05, 4.69) is 4.74 Å². The maximum atomic E-state index is 12.8. The summed E-state index contributed by atoms with van der Waals surface area (Å²) >= 11 is 5.33. The van der Waals surface area contributed by atoms with Gasteiger partial charge in [0.15, 0.2) is 11.6 Å². The lowest BCUT2D eigenvalue weighted by molar-refractivity contribution is -0.0525. The first kappa shape index (κ1) is 11.1. The van der Waals surface area contributed by atoms with E-state index in [4.69, 9.17) is 11.6 Å². The van der Waals surface area contributed by atoms with E-state index < -0.39 is 24.0 Å². The highest BCUT2D eigenvalue weighted by Crippen LogP contribution is 2.24. The van der Waals surface area contributed by atoms with Gasteiger partial charge in [0.1, 0.15) is 0 Å². The zero-order valence-corrected chi connectivity index (χ0v) is 7.49. The molecule has 0 radical (unpaired) electrons. The summed E-state index contributed by atoms with van der Waals surface area (Å²) in [5.74, 6) is -3.66. The molecule has 0 heterocycles. The van der Waals surface area contributed by atoms with Gasteiger partial charge < -0.3 is 4.74 Å². The second-order valence-electron chi connectivity index (χ2n) is 2.40. The lowest BCUT2D eigenvalue weighted by atomic mass is 10.2. The van der Waals surface area contributed by atoms with Gasteiger partial charge in [0.05, 0.1) is 0 Å². The predicted octanol–water partition coefficient (Wildman–Crippen LogP) is 3.31. The summed E-state index contributed by atoms with van der Waals surface area (Å²) in [4.78, 5) is 0. The van der Waals surface area contributed by atoms with Gasteiger partial charge in [-0.1, -0.05) is 0 Å². The number of benzene rings is 1. The van der Waals surface area contributed by atoms with E-state index in [0.29, 0.717) is 0 Å². The first-order valence-electron chi connectivity index (χ1n) is 3.53. The van der Waals surface area contributed by atoms with Crippen LogP contribution < -0.4 is 4.74 Å². The monoisotopic (exact) mass is 228 g/mol. The molecule has 0 saturated carbocycles. The molecule has 1 nitrogen and oxygen atoms in total. The highest BCUT2D eigenvalue weighted by Gasteiger charge is 2.15. The quantitative estimate of drug-likeness (QED) is 0.570. The number of alkyl halides is 3. The highest BCUT2D eigenvalue weighted by molar-refractivity contribution is 6.17. The molecule has 14 heavy (non-hydrogen) atoms. The van der Waals surface area contributed by atoms with Crippen LogP contribution in [-0.2, 0) is 5.88 Å². The van der Waals surface area contributed by atoms with Crippen LogP contribution in [0.15, 0.2) is 12.1 Å². The molecule has 1 aromatic rings. The first-order chi connectivity index (χ1) is 6.54. The molecule has 0 aromatic heterocycles. The minimum Gasteiger partial charge on any atom is -0.432 e. The molecule has 0 aliphatic rings. The van der Waals surface area contributed by atoms with Crippen molar-refractivity contribution in [3.05, 3.63) is 29.3 Å². The molecule has 1 aromatic carbocycles. The average Bonchev–Trinajstić information content (AvgIpc) is 2.11. The zero-order chi connectivity index (χ0) is 10.7. The summed E-state index contributed by atoms with van der Waals surface area (Å²) in [5.41, 5.74) is 0.168. The SMILES string of the molecule is Fc1cc(CCl)cc(OC(F)F)c1F. The Bertz CT molecular complexity index is 329. The fourth-order valence-electron chi connectivity index (χ4n) is 0.876. The lowest BCUT2D eigenvalue weighted by Crippen LogP contribution is -2.05. The number of hydrogen-bond acceptors (Lipinski definition) is 1. The fourth-order valence-corrected chi connectivity index (χ4v) is 1.03. The molecule has 78 valence electrons. The third-order valence-corrected chi connectivity index (χ3v) is 1.73. The van der Waals surface area contributed by atoms with Gasteiger partial charge in [-0.05, 0) is 17.7 Å². The standard InChI is InChI=1S/C8H5ClF4O/c9-3-4-1-5(10)7(11)6(2-4)14-8(12)13/h1-2,8H,3H2. The Kier molecular flexibility index (Phi) is 3.57. The Morgan fingerprint density at radius 3 is 2.43 bits per heavy atom. The summed E-state index contributed by atoms with van der Waals surface area (Å²) < 4.78 is 52.7. The summed E-state index contributed by atoms with van der Waals surface area (Å²) in [7, 11) is 0. The lowest BCUT2D eigenvalue weighted by Gasteiger charge is -2.07. The first-order valence-corrected chi connectivity index (χ1v) is 4.06. The van der Waals surface area contributed by atoms with Crippen LogP contribution >= 0.6 is 11.6 Å². The van der Waals surface area contributed by atoms with Crippen molar-refractivity contribution in [2.45, 2.75) is 12.5 Å². The van der Waals surface area contributed by atoms with Crippen molar-refractivity contribution in [1.29, 1.82) is 0 Å². The minimum atomic E-state index is -3.20. The molecule has 6 heteroatoms. The third kappa shape index (κ3) is 2.51. The highest BCUT2D eigenvalue weighted by atomic mass is 35.5. The van der Waals surface area contributed by atoms with Gasteiger partial charge in [0, 0.05) is 5.88 Å². The van der Waals surface area contributed by atoms with E-state index in [0.717, 1.165) is 12.1 Å². The molecule has 0 aliphatic heterocycles. The molecular formula is C8H5ClF4O. The van der Waals surface area contributed by atoms with Gasteiger partial charge in [-0.3, -0.25) is 0 Å². The fraction of sp³-hybridized carbons (Fsp3) is 0.250. The Labute approximate surface area is 82.2 Å². The van der Waals surface area contributed by atoms with Crippen LogP contribution in [0.25, 0.3) is 0 Å². The maximum Gasteiger partial charge on any atom is 0.387 e. The Morgan fingerprint density at radius 1 is 1.29 bits per heavy atom. The molecule has 0 atom stereocenters. The zero-order valence-electron chi connectivity index (χ0n) is 6.74. The Balaban J connectivity index is 3.07. The third-order valence-electron chi connectivity index (χ3n) is 1.42. The van der Waals surface area contributed by atoms with Crippen molar-refractivity contribution < 1.29 is 22.3 Å². The molecule has 0 fully saturated rings. The van der Waals surface area contributed by atoms with E-state index >= 15 is 0 Å². The van der Waals surface area contributed by atoms with Crippen LogP contribution in [0.1, 0.15) is 5.56 Å². The average molecular weight is 229 g/mol. The van der Waals surface area contributed by atoms with Crippen molar-refractivity contribution in [3.63, 3.8) is 0 Å². The van der Waals surface area contributed by atoms with Gasteiger partial charge in [-0.15, -0.1) is 11.6 Å². The minimum absolute atomic E-state index is 0.114. The number of halogens is 5. The normalized spacial score (nSPS) is 10.7. The van der Waals surface area contributed by atoms with Crippen LogP contribution in [0.5, 0.6) is 5.75 Å². The van der Waals surface area contributed by atoms with Crippen LogP contribution in [0.2, 0.25) is 0 Å². The molecule has 0 amide bonds. The molecular weight excluding hydrogens is 224 g/mol. The maximum absolute atomic E-state index is 12.8. The van der Waals surface area contributed by atoms with Gasteiger partial charge in [0.2, 0.25) is 5.82 Å². The summed E-state index contributed by atoms with van der Waals surface area (Å²) in [6.45, 7) is -3.20. The second-order valence-corrected chi connectivity index (χ2v) is 2.67. The second kappa shape index (κ2) is 4.50. The van der Waals surface area contributed by atoms with E-state index in [1.165, 1.54) is 0 Å². The molecule has 1 rings (SSSR count). The Morgan fingerprint density at radius 2 is 1.93 bits per heavy atom. The van der Waals surface area contributed by atoms with Crippen LogP contribution in [-0.4, -0.2) is 6.61 Å². The summed E-state index contributed by atoms with van der Waals surface area (Å²) in [5, 5.41) is 0. The predicted molar refractivity (Wildman–Crippen MR) is 42.5 cm³/mol. The molecule has 0 spiro atoms. The topological polar surface area (TPSA) is 9.23 Å². The van der Waals surface area contributed by atoms with Crippen LogP contribution in [0, 0.1) is 11.6 Å². The van der Waals surface area contributed by atoms with E-state index in [1.807, 2.05) is 0 Å².